The van der Waals surface area contributed by atoms with Crippen LogP contribution in [0.3, 0.4) is 0 Å². The summed E-state index contributed by atoms with van der Waals surface area (Å²) in [5.41, 5.74) is 1.91. The maximum atomic E-state index is 12.6. The number of carbonyl (C=O) groups excluding carboxylic acids is 1. The highest BCUT2D eigenvalue weighted by Crippen LogP contribution is 2.67. The van der Waals surface area contributed by atoms with Crippen LogP contribution in [0.4, 0.5) is 0 Å². The monoisotopic (exact) mass is 564 g/mol. The van der Waals surface area contributed by atoms with E-state index in [9.17, 15) is 25.2 Å². The Balaban J connectivity index is 1.38. The van der Waals surface area contributed by atoms with E-state index in [0.29, 0.717) is 24.2 Å². The van der Waals surface area contributed by atoms with Gasteiger partial charge in [0.25, 0.3) is 0 Å². The molecule has 7 nitrogen and oxygen atoms in total. The van der Waals surface area contributed by atoms with Gasteiger partial charge in [0.2, 0.25) is 0 Å². The first-order chi connectivity index (χ1) is 18.8. The van der Waals surface area contributed by atoms with Crippen LogP contribution in [0.15, 0.2) is 11.6 Å². The first kappa shape index (κ1) is 31.9. The number of ether oxygens (including phenoxy) is 1. The Morgan fingerprint density at radius 2 is 1.70 bits per heavy atom. The molecule has 0 aromatic heterocycles. The van der Waals surface area contributed by atoms with Crippen LogP contribution in [0.1, 0.15) is 105 Å². The van der Waals surface area contributed by atoms with Crippen LogP contribution in [-0.2, 0) is 9.53 Å². The number of allylic oxidation sites excluding steroid dienone is 1. The second-order valence-corrected chi connectivity index (χ2v) is 14.8. The van der Waals surface area contributed by atoms with E-state index in [4.69, 9.17) is 9.84 Å². The minimum atomic E-state index is -1.99. The van der Waals surface area contributed by atoms with Crippen LogP contribution in [0.25, 0.3) is 0 Å². The van der Waals surface area contributed by atoms with Crippen LogP contribution in [0, 0.1) is 46.3 Å². The first-order valence-corrected chi connectivity index (χ1v) is 16.1. The third-order valence-electron chi connectivity index (χ3n) is 12.0. The molecule has 4 rings (SSSR count). The van der Waals surface area contributed by atoms with Crippen LogP contribution in [-0.4, -0.2) is 68.6 Å². The van der Waals surface area contributed by atoms with Crippen LogP contribution in [0.5, 0.6) is 0 Å². The number of esters is 1. The maximum absolute atomic E-state index is 12.6. The zero-order valence-corrected chi connectivity index (χ0v) is 25.5. The molecule has 40 heavy (non-hydrogen) atoms. The Morgan fingerprint density at radius 3 is 2.38 bits per heavy atom. The number of carbonyl (C=O) groups is 1. The molecule has 0 aromatic rings. The molecule has 3 fully saturated rings. The van der Waals surface area contributed by atoms with E-state index in [0.717, 1.165) is 42.4 Å². The highest BCUT2D eigenvalue weighted by atomic mass is 16.6. The van der Waals surface area contributed by atoms with E-state index in [-0.39, 0.29) is 11.5 Å². The lowest BCUT2D eigenvalue weighted by Crippen LogP contribution is -2.52. The Labute approximate surface area is 241 Å². The Hall–Kier alpha value is -0.990. The Bertz CT molecular complexity index is 903. The zero-order valence-electron chi connectivity index (χ0n) is 25.5. The standard InChI is InChI=1S/C33H56O7/c1-19(2)7-6-8-20(3)24-11-12-25-23-10-9-21-17-22(13-15-32(21,4)26(23)14-16-33(24,25)5)40-31(39)30(38)29(37)28(36)27(35)18-34/h9,19-20,22-30,34-38H,6-8,10-18H2,1-5H3. The van der Waals surface area contributed by atoms with Crippen molar-refractivity contribution in [2.24, 2.45) is 46.3 Å². The molecule has 0 amide bonds. The van der Waals surface area contributed by atoms with Gasteiger partial charge in [0.05, 0.1) is 6.61 Å². The van der Waals surface area contributed by atoms with E-state index in [1.54, 1.807) is 0 Å². The third kappa shape index (κ3) is 6.06. The van der Waals surface area contributed by atoms with E-state index >= 15 is 0 Å². The zero-order chi connectivity index (χ0) is 29.4. The summed E-state index contributed by atoms with van der Waals surface area (Å²) in [7, 11) is 0. The highest BCUT2D eigenvalue weighted by molar-refractivity contribution is 5.75. The maximum Gasteiger partial charge on any atom is 0.338 e. The lowest BCUT2D eigenvalue weighted by atomic mass is 9.47. The summed E-state index contributed by atoms with van der Waals surface area (Å²) in [6.45, 7) is 11.4. The Kier molecular flexibility index (Phi) is 10.1. The summed E-state index contributed by atoms with van der Waals surface area (Å²) in [6, 6.07) is 0. The fourth-order valence-electron chi connectivity index (χ4n) is 9.65. The quantitative estimate of drug-likeness (QED) is 0.186. The molecule has 0 aromatic carbocycles. The summed E-state index contributed by atoms with van der Waals surface area (Å²) in [6.07, 6.45) is 7.29. The molecule has 4 aliphatic carbocycles. The summed E-state index contributed by atoms with van der Waals surface area (Å²) in [5, 5.41) is 48.7. The second-order valence-electron chi connectivity index (χ2n) is 14.8. The van der Waals surface area contributed by atoms with Crippen molar-refractivity contribution in [1.29, 1.82) is 0 Å². The first-order valence-electron chi connectivity index (χ1n) is 16.1. The molecule has 5 N–H and O–H groups in total. The number of fused-ring (bicyclic) bond motifs is 5. The van der Waals surface area contributed by atoms with Crippen molar-refractivity contribution in [1.82, 2.24) is 0 Å². The summed E-state index contributed by atoms with van der Waals surface area (Å²) >= 11 is 0. The van der Waals surface area contributed by atoms with Gasteiger partial charge in [-0.05, 0) is 91.3 Å². The molecule has 0 aliphatic heterocycles. The van der Waals surface area contributed by atoms with E-state index in [1.165, 1.54) is 50.5 Å². The van der Waals surface area contributed by atoms with Gasteiger partial charge in [-0.1, -0.05) is 65.5 Å². The van der Waals surface area contributed by atoms with Gasteiger partial charge in [0.1, 0.15) is 24.4 Å². The summed E-state index contributed by atoms with van der Waals surface area (Å²) in [5.74, 6) is 3.56. The van der Waals surface area contributed by atoms with Crippen LogP contribution < -0.4 is 0 Å². The molecular weight excluding hydrogens is 508 g/mol. The Morgan fingerprint density at radius 1 is 0.975 bits per heavy atom. The molecule has 3 saturated carbocycles. The smallest absolute Gasteiger partial charge is 0.338 e. The lowest BCUT2D eigenvalue weighted by Gasteiger charge is -2.58. The third-order valence-corrected chi connectivity index (χ3v) is 12.0. The summed E-state index contributed by atoms with van der Waals surface area (Å²) < 4.78 is 5.60. The number of hydrogen-bond acceptors (Lipinski definition) is 7. The molecular formula is C33H56O7. The van der Waals surface area contributed by atoms with Crippen molar-refractivity contribution >= 4 is 5.97 Å². The normalized spacial score (nSPS) is 39.3. The van der Waals surface area contributed by atoms with Crippen molar-refractivity contribution in [2.75, 3.05) is 6.61 Å². The molecule has 7 heteroatoms. The van der Waals surface area contributed by atoms with E-state index in [2.05, 4.69) is 40.7 Å². The van der Waals surface area contributed by atoms with Crippen molar-refractivity contribution in [3.8, 4) is 0 Å². The number of aliphatic hydroxyl groups is 5. The average Bonchev–Trinajstić information content (AvgIpc) is 3.28. The van der Waals surface area contributed by atoms with E-state index < -0.39 is 37.0 Å². The van der Waals surface area contributed by atoms with E-state index in [1.807, 2.05) is 0 Å². The number of hydrogen-bond donors (Lipinski definition) is 5. The van der Waals surface area contributed by atoms with Gasteiger partial charge in [-0.2, -0.15) is 0 Å². The molecule has 0 spiro atoms. The lowest BCUT2D eigenvalue weighted by molar-refractivity contribution is -0.177. The summed E-state index contributed by atoms with van der Waals surface area (Å²) in [4.78, 5) is 12.6. The molecule has 0 heterocycles. The largest absolute Gasteiger partial charge is 0.460 e. The van der Waals surface area contributed by atoms with Crippen molar-refractivity contribution in [2.45, 2.75) is 136 Å². The minimum absolute atomic E-state index is 0.105. The van der Waals surface area contributed by atoms with Crippen molar-refractivity contribution in [3.05, 3.63) is 11.6 Å². The van der Waals surface area contributed by atoms with Gasteiger partial charge in [-0.15, -0.1) is 0 Å². The molecule has 0 radical (unpaired) electrons. The molecule has 230 valence electrons. The predicted molar refractivity (Wildman–Crippen MR) is 154 cm³/mol. The van der Waals surface area contributed by atoms with Crippen LogP contribution in [0.2, 0.25) is 0 Å². The van der Waals surface area contributed by atoms with Crippen LogP contribution >= 0.6 is 0 Å². The molecule has 0 saturated heterocycles. The average molecular weight is 565 g/mol. The van der Waals surface area contributed by atoms with Crippen molar-refractivity contribution < 1.29 is 35.1 Å². The second kappa shape index (κ2) is 12.7. The number of aliphatic hydroxyl groups excluding tert-OH is 5. The molecule has 12 atom stereocenters. The predicted octanol–water partition coefficient (Wildman–Crippen LogP) is 4.38. The van der Waals surface area contributed by atoms with Gasteiger partial charge in [-0.3, -0.25) is 0 Å². The fourth-order valence-corrected chi connectivity index (χ4v) is 9.65. The topological polar surface area (TPSA) is 127 Å². The van der Waals surface area contributed by atoms with Gasteiger partial charge >= 0.3 is 5.97 Å². The SMILES string of the molecule is CC(C)CCCC(C)C1CCC2C3CC=C4CC(OC(=O)C(O)C(O)C(O)C(O)CO)CCC4(C)C3CCC12C. The van der Waals surface area contributed by atoms with Gasteiger partial charge in [-0.25, -0.2) is 4.79 Å². The minimum Gasteiger partial charge on any atom is -0.460 e. The van der Waals surface area contributed by atoms with Gasteiger partial charge < -0.3 is 30.3 Å². The molecule has 0 bridgehead atoms. The van der Waals surface area contributed by atoms with Gasteiger partial charge in [0, 0.05) is 6.42 Å². The van der Waals surface area contributed by atoms with Gasteiger partial charge in [0.15, 0.2) is 6.10 Å². The molecule has 12 unspecified atom stereocenters. The molecule has 4 aliphatic rings. The number of rotatable bonds is 11. The fraction of sp³-hybridized carbons (Fsp3) is 0.909. The highest BCUT2D eigenvalue weighted by Gasteiger charge is 2.59. The van der Waals surface area contributed by atoms with Crippen molar-refractivity contribution in [3.63, 3.8) is 0 Å².